The first-order valence-corrected chi connectivity index (χ1v) is 9.27. The lowest BCUT2D eigenvalue weighted by molar-refractivity contribution is 0.238. The van der Waals surface area contributed by atoms with Gasteiger partial charge in [0, 0.05) is 26.2 Å². The van der Waals surface area contributed by atoms with Gasteiger partial charge in [0.1, 0.15) is 11.5 Å². The van der Waals surface area contributed by atoms with E-state index >= 15 is 0 Å². The van der Waals surface area contributed by atoms with Gasteiger partial charge >= 0.3 is 0 Å². The first kappa shape index (κ1) is 23.5. The fourth-order valence-corrected chi connectivity index (χ4v) is 2.80. The molecule has 150 valence electrons. The number of aliphatic imine (C=N–C) groups is 1. The number of hydrogen-bond donors (Lipinski definition) is 2. The van der Waals surface area contributed by atoms with Crippen molar-refractivity contribution >= 4 is 29.9 Å². The van der Waals surface area contributed by atoms with Crippen LogP contribution in [-0.4, -0.2) is 37.5 Å². The van der Waals surface area contributed by atoms with Crippen molar-refractivity contribution in [3.8, 4) is 0 Å². The molecule has 2 N–H and O–H groups in total. The highest BCUT2D eigenvalue weighted by Gasteiger charge is 2.13. The van der Waals surface area contributed by atoms with Crippen molar-refractivity contribution in [2.24, 2.45) is 4.99 Å². The maximum atomic E-state index is 5.67. The molecule has 0 radical (unpaired) electrons. The van der Waals surface area contributed by atoms with Gasteiger partial charge in [-0.2, -0.15) is 0 Å². The predicted octanol–water partition coefficient (Wildman–Crippen LogP) is 4.34. The van der Waals surface area contributed by atoms with Gasteiger partial charge in [-0.05, 0) is 51.9 Å². The summed E-state index contributed by atoms with van der Waals surface area (Å²) in [5.41, 5.74) is 1.34. The van der Waals surface area contributed by atoms with Crippen LogP contribution in [0.25, 0.3) is 0 Å². The molecule has 0 aliphatic rings. The topological polar surface area (TPSA) is 52.8 Å². The minimum absolute atomic E-state index is 0. The molecule has 1 aromatic carbocycles. The monoisotopic (exact) mass is 484 g/mol. The highest BCUT2D eigenvalue weighted by atomic mass is 127. The molecule has 1 heterocycles. The summed E-state index contributed by atoms with van der Waals surface area (Å²) in [6.07, 6.45) is 1.04. The van der Waals surface area contributed by atoms with Gasteiger partial charge in [-0.15, -0.1) is 24.0 Å². The van der Waals surface area contributed by atoms with Crippen molar-refractivity contribution in [1.29, 1.82) is 0 Å². The molecule has 0 fully saturated rings. The molecule has 2 aromatic rings. The Hall–Kier alpha value is -1.54. The molecule has 0 aliphatic carbocycles. The lowest BCUT2D eigenvalue weighted by Crippen LogP contribution is -2.41. The van der Waals surface area contributed by atoms with Gasteiger partial charge in [0.2, 0.25) is 0 Å². The largest absolute Gasteiger partial charge is 0.464 e. The van der Waals surface area contributed by atoms with E-state index in [2.05, 4.69) is 71.8 Å². The van der Waals surface area contributed by atoms with Crippen LogP contribution < -0.4 is 10.6 Å². The van der Waals surface area contributed by atoms with E-state index in [4.69, 9.17) is 4.42 Å². The van der Waals surface area contributed by atoms with Gasteiger partial charge in [-0.25, -0.2) is 0 Å². The van der Waals surface area contributed by atoms with E-state index in [1.165, 1.54) is 5.56 Å². The lowest BCUT2D eigenvalue weighted by atomic mass is 10.1. The summed E-state index contributed by atoms with van der Waals surface area (Å²) >= 11 is 0. The second kappa shape index (κ2) is 12.0. The van der Waals surface area contributed by atoms with Crippen LogP contribution in [0, 0.1) is 6.92 Å². The smallest absolute Gasteiger partial charge is 0.191 e. The maximum absolute atomic E-state index is 5.67. The number of rotatable bonds is 8. The van der Waals surface area contributed by atoms with Crippen molar-refractivity contribution in [1.82, 2.24) is 15.5 Å². The average Bonchev–Trinajstić information content (AvgIpc) is 3.08. The minimum Gasteiger partial charge on any atom is -0.464 e. The fraction of sp³-hybridized carbons (Fsp3) is 0.476. The Labute approximate surface area is 180 Å². The Morgan fingerprint density at radius 2 is 1.85 bits per heavy atom. The first-order chi connectivity index (χ1) is 12.5. The zero-order chi connectivity index (χ0) is 18.9. The van der Waals surface area contributed by atoms with Crippen molar-refractivity contribution in [2.45, 2.75) is 45.8 Å². The molecule has 27 heavy (non-hydrogen) atoms. The van der Waals surface area contributed by atoms with Crippen LogP contribution in [0.4, 0.5) is 0 Å². The Morgan fingerprint density at radius 1 is 1.15 bits per heavy atom. The predicted molar refractivity (Wildman–Crippen MR) is 124 cm³/mol. The van der Waals surface area contributed by atoms with Gasteiger partial charge < -0.3 is 15.1 Å². The molecule has 0 saturated carbocycles. The number of benzene rings is 1. The van der Waals surface area contributed by atoms with Crippen LogP contribution in [0.5, 0.6) is 0 Å². The number of furan rings is 1. The highest BCUT2D eigenvalue weighted by Crippen LogP contribution is 2.15. The zero-order valence-corrected chi connectivity index (χ0v) is 19.4. The van der Waals surface area contributed by atoms with E-state index in [1.807, 2.05) is 19.1 Å². The van der Waals surface area contributed by atoms with E-state index < -0.39 is 0 Å². The van der Waals surface area contributed by atoms with Crippen LogP contribution in [0.2, 0.25) is 0 Å². The molecule has 0 aliphatic heterocycles. The summed E-state index contributed by atoms with van der Waals surface area (Å²) in [6, 6.07) is 15.1. The van der Waals surface area contributed by atoms with Crippen molar-refractivity contribution in [3.63, 3.8) is 0 Å². The molecule has 2 unspecified atom stereocenters. The van der Waals surface area contributed by atoms with Crippen LogP contribution in [0.15, 0.2) is 51.9 Å². The lowest BCUT2D eigenvalue weighted by Gasteiger charge is -2.25. The summed E-state index contributed by atoms with van der Waals surface area (Å²) < 4.78 is 5.67. The maximum Gasteiger partial charge on any atom is 0.191 e. The van der Waals surface area contributed by atoms with Gasteiger partial charge in [0.25, 0.3) is 0 Å². The summed E-state index contributed by atoms with van der Waals surface area (Å²) in [6.45, 7) is 8.11. The Bertz CT molecular complexity index is 686. The van der Waals surface area contributed by atoms with E-state index in [1.54, 1.807) is 7.05 Å². The highest BCUT2D eigenvalue weighted by molar-refractivity contribution is 14.0. The Balaban J connectivity index is 0.00000364. The van der Waals surface area contributed by atoms with Gasteiger partial charge in [0.15, 0.2) is 5.96 Å². The number of guanidine groups is 1. The standard InChI is InChI=1S/C21H32N4O.HI/c1-16(25(5)15-19-9-7-6-8-10-19)13-14-23-21(22-4)24-18(3)20-12-11-17(2)26-20;/h6-12,16,18H,13-15H2,1-5H3,(H2,22,23,24);1H. The third-order valence-electron chi connectivity index (χ3n) is 4.65. The van der Waals surface area contributed by atoms with Crippen LogP contribution in [0.1, 0.15) is 43.4 Å². The third-order valence-corrected chi connectivity index (χ3v) is 4.65. The number of aryl methyl sites for hydroxylation is 1. The van der Waals surface area contributed by atoms with Crippen molar-refractivity contribution in [2.75, 3.05) is 20.6 Å². The van der Waals surface area contributed by atoms with Gasteiger partial charge in [-0.1, -0.05) is 30.3 Å². The first-order valence-electron chi connectivity index (χ1n) is 9.27. The average molecular weight is 484 g/mol. The molecule has 1 aromatic heterocycles. The number of halogens is 1. The van der Waals surface area contributed by atoms with E-state index in [-0.39, 0.29) is 30.0 Å². The number of hydrogen-bond acceptors (Lipinski definition) is 3. The molecule has 0 saturated heterocycles. The quantitative estimate of drug-likeness (QED) is 0.333. The summed E-state index contributed by atoms with van der Waals surface area (Å²) in [5.74, 6) is 2.64. The molecule has 2 atom stereocenters. The summed E-state index contributed by atoms with van der Waals surface area (Å²) in [4.78, 5) is 6.69. The fourth-order valence-electron chi connectivity index (χ4n) is 2.80. The normalized spacial score (nSPS) is 13.8. The van der Waals surface area contributed by atoms with E-state index in [0.717, 1.165) is 37.0 Å². The summed E-state index contributed by atoms with van der Waals surface area (Å²) in [7, 11) is 3.96. The molecular formula is C21H33IN4O. The zero-order valence-electron chi connectivity index (χ0n) is 17.0. The molecule has 2 rings (SSSR count). The summed E-state index contributed by atoms with van der Waals surface area (Å²) in [5, 5.41) is 6.77. The van der Waals surface area contributed by atoms with Crippen molar-refractivity contribution < 1.29 is 4.42 Å². The number of nitrogens with zero attached hydrogens (tertiary/aromatic N) is 2. The second-order valence-electron chi connectivity index (χ2n) is 6.85. The van der Waals surface area contributed by atoms with Crippen LogP contribution >= 0.6 is 24.0 Å². The second-order valence-corrected chi connectivity index (χ2v) is 6.85. The molecule has 5 nitrogen and oxygen atoms in total. The SMILES string of the molecule is CN=C(NCCC(C)N(C)Cc1ccccc1)NC(C)c1ccc(C)o1.I. The van der Waals surface area contributed by atoms with Crippen LogP contribution in [0.3, 0.4) is 0 Å². The minimum atomic E-state index is 0. The molecule has 0 bridgehead atoms. The molecule has 0 amide bonds. The molecule has 6 heteroatoms. The van der Waals surface area contributed by atoms with E-state index in [9.17, 15) is 0 Å². The third kappa shape index (κ3) is 7.92. The Kier molecular flexibility index (Phi) is 10.5. The molecular weight excluding hydrogens is 451 g/mol. The van der Waals surface area contributed by atoms with Gasteiger partial charge in [-0.3, -0.25) is 9.89 Å². The van der Waals surface area contributed by atoms with Crippen molar-refractivity contribution in [3.05, 3.63) is 59.5 Å². The van der Waals surface area contributed by atoms with Crippen LogP contribution in [-0.2, 0) is 6.54 Å². The molecule has 0 spiro atoms. The number of nitrogens with one attached hydrogen (secondary N) is 2. The van der Waals surface area contributed by atoms with E-state index in [0.29, 0.717) is 6.04 Å². The van der Waals surface area contributed by atoms with Gasteiger partial charge in [0.05, 0.1) is 6.04 Å². The Morgan fingerprint density at radius 3 is 2.44 bits per heavy atom.